The van der Waals surface area contributed by atoms with Crippen LogP contribution in [0.2, 0.25) is 0 Å². The molecule has 0 saturated carbocycles. The van der Waals surface area contributed by atoms with E-state index in [4.69, 9.17) is 5.73 Å². The van der Waals surface area contributed by atoms with Crippen LogP contribution in [0.5, 0.6) is 0 Å². The fourth-order valence-corrected chi connectivity index (χ4v) is 2.11. The van der Waals surface area contributed by atoms with Gasteiger partial charge in [-0.1, -0.05) is 19.1 Å². The SMILES string of the molecule is CCC(NCc1ccc(F)cc1)C(=O)c1ccc(N)cc1. The lowest BCUT2D eigenvalue weighted by atomic mass is 10.0. The summed E-state index contributed by atoms with van der Waals surface area (Å²) < 4.78 is 12.8. The van der Waals surface area contributed by atoms with Crippen molar-refractivity contribution in [2.75, 3.05) is 5.73 Å². The molecule has 1 unspecified atom stereocenters. The van der Waals surface area contributed by atoms with Gasteiger partial charge in [-0.05, 0) is 48.4 Å². The molecule has 0 radical (unpaired) electrons. The molecule has 110 valence electrons. The Morgan fingerprint density at radius 1 is 1.14 bits per heavy atom. The summed E-state index contributed by atoms with van der Waals surface area (Å²) in [6.07, 6.45) is 0.685. The number of ketones is 1. The Labute approximate surface area is 124 Å². The second-order valence-electron chi connectivity index (χ2n) is 4.95. The lowest BCUT2D eigenvalue weighted by Gasteiger charge is -2.16. The van der Waals surface area contributed by atoms with Crippen molar-refractivity contribution in [3.05, 3.63) is 65.5 Å². The number of carbonyl (C=O) groups is 1. The first-order chi connectivity index (χ1) is 10.1. The van der Waals surface area contributed by atoms with Crippen LogP contribution >= 0.6 is 0 Å². The van der Waals surface area contributed by atoms with Crippen LogP contribution in [0.1, 0.15) is 29.3 Å². The van der Waals surface area contributed by atoms with Crippen molar-refractivity contribution in [2.24, 2.45) is 0 Å². The molecule has 1 atom stereocenters. The van der Waals surface area contributed by atoms with Gasteiger partial charge < -0.3 is 11.1 Å². The number of hydrogen-bond acceptors (Lipinski definition) is 3. The molecule has 0 aromatic heterocycles. The van der Waals surface area contributed by atoms with Crippen molar-refractivity contribution in [1.82, 2.24) is 5.32 Å². The molecule has 2 aromatic rings. The lowest BCUT2D eigenvalue weighted by molar-refractivity contribution is 0.0939. The fraction of sp³-hybridized carbons (Fsp3) is 0.235. The zero-order valence-corrected chi connectivity index (χ0v) is 12.0. The summed E-state index contributed by atoms with van der Waals surface area (Å²) >= 11 is 0. The monoisotopic (exact) mass is 286 g/mol. The predicted octanol–water partition coefficient (Wildman–Crippen LogP) is 3.16. The smallest absolute Gasteiger partial charge is 0.179 e. The number of benzene rings is 2. The Kier molecular flexibility index (Phi) is 5.06. The number of rotatable bonds is 6. The fourth-order valence-electron chi connectivity index (χ4n) is 2.11. The topological polar surface area (TPSA) is 55.1 Å². The summed E-state index contributed by atoms with van der Waals surface area (Å²) in [5, 5.41) is 3.21. The first-order valence-corrected chi connectivity index (χ1v) is 6.97. The van der Waals surface area contributed by atoms with Crippen molar-refractivity contribution in [3.63, 3.8) is 0 Å². The van der Waals surface area contributed by atoms with Gasteiger partial charge in [0.2, 0.25) is 0 Å². The summed E-state index contributed by atoms with van der Waals surface area (Å²) in [6, 6.07) is 12.9. The number of Topliss-reactive ketones (excluding diaryl/α,β-unsaturated/α-hetero) is 1. The van der Waals surface area contributed by atoms with Gasteiger partial charge >= 0.3 is 0 Å². The summed E-state index contributed by atoms with van der Waals surface area (Å²) in [7, 11) is 0. The minimum atomic E-state index is -0.265. The Morgan fingerprint density at radius 2 is 1.76 bits per heavy atom. The van der Waals surface area contributed by atoms with Gasteiger partial charge in [-0.3, -0.25) is 4.79 Å². The number of anilines is 1. The molecule has 0 heterocycles. The van der Waals surface area contributed by atoms with E-state index in [0.717, 1.165) is 5.56 Å². The number of nitrogens with one attached hydrogen (secondary N) is 1. The maximum absolute atomic E-state index is 12.8. The van der Waals surface area contributed by atoms with Crippen LogP contribution in [-0.4, -0.2) is 11.8 Å². The summed E-state index contributed by atoms with van der Waals surface area (Å²) in [4.78, 5) is 12.4. The standard InChI is InChI=1S/C17H19FN2O/c1-2-16(17(21)13-5-9-15(19)10-6-13)20-11-12-3-7-14(18)8-4-12/h3-10,16,20H,2,11,19H2,1H3. The third kappa shape index (κ3) is 4.13. The van der Waals surface area contributed by atoms with E-state index in [1.165, 1.54) is 12.1 Å². The molecule has 3 nitrogen and oxygen atoms in total. The predicted molar refractivity (Wildman–Crippen MR) is 82.5 cm³/mol. The van der Waals surface area contributed by atoms with Gasteiger partial charge in [-0.25, -0.2) is 4.39 Å². The minimum absolute atomic E-state index is 0.0413. The van der Waals surface area contributed by atoms with Gasteiger partial charge in [0.25, 0.3) is 0 Å². The van der Waals surface area contributed by atoms with E-state index in [1.807, 2.05) is 6.92 Å². The van der Waals surface area contributed by atoms with E-state index in [-0.39, 0.29) is 17.6 Å². The third-order valence-corrected chi connectivity index (χ3v) is 3.39. The number of nitrogen functional groups attached to an aromatic ring is 1. The first-order valence-electron chi connectivity index (χ1n) is 6.97. The van der Waals surface area contributed by atoms with Crippen molar-refractivity contribution in [1.29, 1.82) is 0 Å². The number of halogens is 1. The average Bonchev–Trinajstić information content (AvgIpc) is 2.50. The van der Waals surface area contributed by atoms with Crippen LogP contribution in [0.3, 0.4) is 0 Å². The van der Waals surface area contributed by atoms with Gasteiger partial charge in [-0.2, -0.15) is 0 Å². The van der Waals surface area contributed by atoms with Crippen LogP contribution < -0.4 is 11.1 Å². The Bertz CT molecular complexity index is 593. The minimum Gasteiger partial charge on any atom is -0.399 e. The molecule has 3 N–H and O–H groups in total. The zero-order valence-electron chi connectivity index (χ0n) is 12.0. The first kappa shape index (κ1) is 15.2. The van der Waals surface area contributed by atoms with Crippen molar-refractivity contribution in [3.8, 4) is 0 Å². The zero-order chi connectivity index (χ0) is 15.2. The summed E-state index contributed by atoms with van der Waals surface area (Å²) in [6.45, 7) is 2.48. The van der Waals surface area contributed by atoms with Crippen molar-refractivity contribution < 1.29 is 9.18 Å². The summed E-state index contributed by atoms with van der Waals surface area (Å²) in [5.41, 5.74) is 7.85. The molecule has 0 saturated heterocycles. The van der Waals surface area contributed by atoms with Crippen molar-refractivity contribution >= 4 is 11.5 Å². The maximum Gasteiger partial charge on any atom is 0.179 e. The molecule has 2 aromatic carbocycles. The molecular formula is C17H19FN2O. The molecule has 2 rings (SSSR count). The van der Waals surface area contributed by atoms with E-state index in [9.17, 15) is 9.18 Å². The molecule has 0 amide bonds. The van der Waals surface area contributed by atoms with Crippen LogP contribution in [-0.2, 0) is 6.54 Å². The second-order valence-corrected chi connectivity index (χ2v) is 4.95. The van der Waals surface area contributed by atoms with Gasteiger partial charge in [0.05, 0.1) is 6.04 Å². The Balaban J connectivity index is 2.00. The lowest BCUT2D eigenvalue weighted by Crippen LogP contribution is -2.35. The van der Waals surface area contributed by atoms with E-state index in [2.05, 4.69) is 5.32 Å². The van der Waals surface area contributed by atoms with Crippen molar-refractivity contribution in [2.45, 2.75) is 25.9 Å². The molecule has 0 aliphatic heterocycles. The molecule has 21 heavy (non-hydrogen) atoms. The number of hydrogen-bond donors (Lipinski definition) is 2. The van der Waals surface area contributed by atoms with E-state index >= 15 is 0 Å². The molecule has 0 aliphatic carbocycles. The summed E-state index contributed by atoms with van der Waals surface area (Å²) in [5.74, 6) is -0.219. The third-order valence-electron chi connectivity index (χ3n) is 3.39. The molecule has 0 aliphatic rings. The largest absolute Gasteiger partial charge is 0.399 e. The highest BCUT2D eigenvalue weighted by Crippen LogP contribution is 2.11. The van der Waals surface area contributed by atoms with Gasteiger partial charge in [0.15, 0.2) is 5.78 Å². The molecule has 0 spiro atoms. The van der Waals surface area contributed by atoms with E-state index in [1.54, 1.807) is 36.4 Å². The normalized spacial score (nSPS) is 12.1. The highest BCUT2D eigenvalue weighted by Gasteiger charge is 2.17. The molecule has 4 heteroatoms. The quantitative estimate of drug-likeness (QED) is 0.633. The van der Waals surface area contributed by atoms with Gasteiger partial charge in [0.1, 0.15) is 5.82 Å². The average molecular weight is 286 g/mol. The van der Waals surface area contributed by atoms with Crippen LogP contribution in [0.25, 0.3) is 0 Å². The van der Waals surface area contributed by atoms with E-state index in [0.29, 0.717) is 24.2 Å². The number of nitrogens with two attached hydrogens (primary N) is 1. The van der Waals surface area contributed by atoms with Crippen LogP contribution in [0.15, 0.2) is 48.5 Å². The maximum atomic E-state index is 12.8. The van der Waals surface area contributed by atoms with Crippen LogP contribution in [0, 0.1) is 5.82 Å². The Hall–Kier alpha value is -2.20. The molecule has 0 fully saturated rings. The van der Waals surface area contributed by atoms with Gasteiger partial charge in [0, 0.05) is 17.8 Å². The highest BCUT2D eigenvalue weighted by atomic mass is 19.1. The molecule has 0 bridgehead atoms. The second kappa shape index (κ2) is 6.99. The van der Waals surface area contributed by atoms with Crippen LogP contribution in [0.4, 0.5) is 10.1 Å². The molecular weight excluding hydrogens is 267 g/mol. The highest BCUT2D eigenvalue weighted by molar-refractivity contribution is 6.00. The number of carbonyl (C=O) groups excluding carboxylic acids is 1. The van der Waals surface area contributed by atoms with Gasteiger partial charge in [-0.15, -0.1) is 0 Å². The van der Waals surface area contributed by atoms with E-state index < -0.39 is 0 Å². The Morgan fingerprint density at radius 3 is 2.33 bits per heavy atom.